The summed E-state index contributed by atoms with van der Waals surface area (Å²) in [4.78, 5) is 24.2. The van der Waals surface area contributed by atoms with Gasteiger partial charge in [-0.1, -0.05) is 11.8 Å². The van der Waals surface area contributed by atoms with E-state index in [9.17, 15) is 9.59 Å². The predicted octanol–water partition coefficient (Wildman–Crippen LogP) is 0.606. The first-order valence-electron chi connectivity index (χ1n) is 3.99. The lowest BCUT2D eigenvalue weighted by atomic mass is 10.2. The van der Waals surface area contributed by atoms with E-state index >= 15 is 0 Å². The van der Waals surface area contributed by atoms with Gasteiger partial charge in [0.25, 0.3) is 0 Å². The molecule has 0 bridgehead atoms. The standard InChI is InChI=1S/C10H7NO4/c12-9(13)3-1-2-7-4-5-8(10(14)15)11-6-7/h4-6H,3H2,(H,12,13)(H,14,15). The molecule has 0 aliphatic carbocycles. The Morgan fingerprint density at radius 3 is 2.53 bits per heavy atom. The Morgan fingerprint density at radius 1 is 1.33 bits per heavy atom. The minimum atomic E-state index is -1.11. The topological polar surface area (TPSA) is 87.5 Å². The smallest absolute Gasteiger partial charge is 0.354 e. The van der Waals surface area contributed by atoms with Crippen LogP contribution in [-0.2, 0) is 4.79 Å². The van der Waals surface area contributed by atoms with Crippen LogP contribution in [0.25, 0.3) is 0 Å². The molecule has 1 aromatic heterocycles. The molecule has 0 radical (unpaired) electrons. The average molecular weight is 205 g/mol. The maximum atomic E-state index is 10.4. The first kappa shape index (κ1) is 10.7. The Labute approximate surface area is 85.4 Å². The molecule has 1 rings (SSSR count). The molecule has 2 N–H and O–H groups in total. The molecule has 1 aromatic rings. The van der Waals surface area contributed by atoms with Crippen LogP contribution in [0.15, 0.2) is 18.3 Å². The van der Waals surface area contributed by atoms with Crippen LogP contribution in [-0.4, -0.2) is 27.1 Å². The largest absolute Gasteiger partial charge is 0.481 e. The van der Waals surface area contributed by atoms with E-state index in [0.717, 1.165) is 0 Å². The molecule has 0 unspecified atom stereocenters. The fourth-order valence-corrected chi connectivity index (χ4v) is 0.816. The molecule has 0 aliphatic heterocycles. The second-order valence-corrected chi connectivity index (χ2v) is 2.61. The van der Waals surface area contributed by atoms with Crippen molar-refractivity contribution in [2.24, 2.45) is 0 Å². The van der Waals surface area contributed by atoms with Gasteiger partial charge in [-0.2, -0.15) is 0 Å². The van der Waals surface area contributed by atoms with E-state index in [0.29, 0.717) is 5.56 Å². The molecule has 0 aromatic carbocycles. The first-order chi connectivity index (χ1) is 7.09. The predicted molar refractivity (Wildman–Crippen MR) is 50.3 cm³/mol. The van der Waals surface area contributed by atoms with Crippen LogP contribution in [0.4, 0.5) is 0 Å². The van der Waals surface area contributed by atoms with Crippen molar-refractivity contribution < 1.29 is 19.8 Å². The molecular weight excluding hydrogens is 198 g/mol. The van der Waals surface area contributed by atoms with E-state index in [4.69, 9.17) is 10.2 Å². The number of aromatic nitrogens is 1. The third kappa shape index (κ3) is 3.48. The van der Waals surface area contributed by atoms with Gasteiger partial charge < -0.3 is 10.2 Å². The summed E-state index contributed by atoms with van der Waals surface area (Å²) in [6.45, 7) is 0. The molecule has 15 heavy (non-hydrogen) atoms. The fourth-order valence-electron chi connectivity index (χ4n) is 0.816. The molecular formula is C10H7NO4. The highest BCUT2D eigenvalue weighted by Crippen LogP contribution is 1.98. The normalized spacial score (nSPS) is 8.80. The lowest BCUT2D eigenvalue weighted by Gasteiger charge is -1.92. The summed E-state index contributed by atoms with van der Waals surface area (Å²) in [5.41, 5.74) is 0.417. The minimum absolute atomic E-state index is 0.0706. The second kappa shape index (κ2) is 4.77. The van der Waals surface area contributed by atoms with Gasteiger partial charge in [0.1, 0.15) is 12.1 Å². The molecule has 5 nitrogen and oxygen atoms in total. The van der Waals surface area contributed by atoms with Crippen LogP contribution in [0.1, 0.15) is 22.5 Å². The van der Waals surface area contributed by atoms with E-state index in [-0.39, 0.29) is 12.1 Å². The molecule has 5 heteroatoms. The fraction of sp³-hybridized carbons (Fsp3) is 0.100. The Kier molecular flexibility index (Phi) is 3.41. The average Bonchev–Trinajstić information content (AvgIpc) is 2.18. The highest BCUT2D eigenvalue weighted by atomic mass is 16.4. The molecule has 0 aliphatic rings. The Balaban J connectivity index is 2.75. The van der Waals surface area contributed by atoms with Crippen LogP contribution in [0.2, 0.25) is 0 Å². The molecule has 0 atom stereocenters. The van der Waals surface area contributed by atoms with Crippen LogP contribution in [0.5, 0.6) is 0 Å². The van der Waals surface area contributed by atoms with E-state index < -0.39 is 11.9 Å². The third-order valence-electron chi connectivity index (χ3n) is 1.45. The number of pyridine rings is 1. The summed E-state index contributed by atoms with van der Waals surface area (Å²) in [6.07, 6.45) is 1.04. The number of hydrogen-bond donors (Lipinski definition) is 2. The Morgan fingerprint density at radius 2 is 2.07 bits per heavy atom. The highest BCUT2D eigenvalue weighted by Gasteiger charge is 2.01. The van der Waals surface area contributed by atoms with Crippen molar-refractivity contribution in [3.63, 3.8) is 0 Å². The second-order valence-electron chi connectivity index (χ2n) is 2.61. The summed E-state index contributed by atoms with van der Waals surface area (Å²) >= 11 is 0. The molecule has 0 spiro atoms. The van der Waals surface area contributed by atoms with Crippen molar-refractivity contribution in [1.29, 1.82) is 0 Å². The van der Waals surface area contributed by atoms with Crippen molar-refractivity contribution in [1.82, 2.24) is 4.98 Å². The highest BCUT2D eigenvalue weighted by molar-refractivity contribution is 5.85. The van der Waals surface area contributed by atoms with Crippen molar-refractivity contribution in [3.05, 3.63) is 29.6 Å². The van der Waals surface area contributed by atoms with Gasteiger partial charge in [0.2, 0.25) is 0 Å². The van der Waals surface area contributed by atoms with E-state index in [1.165, 1.54) is 18.3 Å². The molecule has 0 saturated carbocycles. The summed E-state index contributed by atoms with van der Waals surface area (Å²) in [5, 5.41) is 16.9. The van der Waals surface area contributed by atoms with Gasteiger partial charge in [-0.15, -0.1) is 0 Å². The van der Waals surface area contributed by atoms with E-state index in [1.807, 2.05) is 0 Å². The summed E-state index contributed by atoms with van der Waals surface area (Å²) in [7, 11) is 0. The number of rotatable bonds is 2. The Hall–Kier alpha value is -2.35. The lowest BCUT2D eigenvalue weighted by molar-refractivity contribution is -0.135. The summed E-state index contributed by atoms with van der Waals surface area (Å²) in [5.74, 6) is 2.86. The zero-order chi connectivity index (χ0) is 11.3. The van der Waals surface area contributed by atoms with Crippen molar-refractivity contribution in [3.8, 4) is 11.8 Å². The lowest BCUT2D eigenvalue weighted by Crippen LogP contribution is -1.99. The maximum Gasteiger partial charge on any atom is 0.354 e. The monoisotopic (exact) mass is 205 g/mol. The van der Waals surface area contributed by atoms with Crippen molar-refractivity contribution >= 4 is 11.9 Å². The van der Waals surface area contributed by atoms with Gasteiger partial charge in [0, 0.05) is 11.8 Å². The molecule has 76 valence electrons. The van der Waals surface area contributed by atoms with Crippen LogP contribution in [0.3, 0.4) is 0 Å². The van der Waals surface area contributed by atoms with Crippen molar-refractivity contribution in [2.75, 3.05) is 0 Å². The van der Waals surface area contributed by atoms with Gasteiger partial charge in [-0.3, -0.25) is 4.79 Å². The van der Waals surface area contributed by atoms with Gasteiger partial charge >= 0.3 is 11.9 Å². The molecule has 0 amide bonds. The van der Waals surface area contributed by atoms with Gasteiger partial charge in [0.15, 0.2) is 0 Å². The van der Waals surface area contributed by atoms with Gasteiger partial charge in [-0.25, -0.2) is 9.78 Å². The van der Waals surface area contributed by atoms with E-state index in [1.54, 1.807) is 0 Å². The number of carboxylic acid groups (broad SMARTS) is 2. The quantitative estimate of drug-likeness (QED) is 0.690. The number of nitrogens with zero attached hydrogens (tertiary/aromatic N) is 1. The summed E-state index contributed by atoms with van der Waals surface area (Å²) in [6, 6.07) is 2.79. The number of carboxylic acids is 2. The molecule has 0 saturated heterocycles. The summed E-state index contributed by atoms with van der Waals surface area (Å²) < 4.78 is 0. The third-order valence-corrected chi connectivity index (χ3v) is 1.45. The SMILES string of the molecule is O=C(O)CC#Cc1ccc(C(=O)O)nc1. The number of aliphatic carboxylic acids is 1. The van der Waals surface area contributed by atoms with Crippen LogP contribution < -0.4 is 0 Å². The molecule has 1 heterocycles. The zero-order valence-electron chi connectivity index (χ0n) is 7.60. The number of aromatic carboxylic acids is 1. The number of carbonyl (C=O) groups is 2. The Bertz CT molecular complexity index is 439. The molecule has 0 fully saturated rings. The van der Waals surface area contributed by atoms with Crippen molar-refractivity contribution in [2.45, 2.75) is 6.42 Å². The minimum Gasteiger partial charge on any atom is -0.481 e. The van der Waals surface area contributed by atoms with Crippen LogP contribution >= 0.6 is 0 Å². The maximum absolute atomic E-state index is 10.4. The number of hydrogen-bond acceptors (Lipinski definition) is 3. The zero-order valence-corrected chi connectivity index (χ0v) is 7.60. The first-order valence-corrected chi connectivity index (χ1v) is 3.99. The van der Waals surface area contributed by atoms with Gasteiger partial charge in [-0.05, 0) is 12.1 Å². The van der Waals surface area contributed by atoms with Gasteiger partial charge in [0.05, 0.1) is 0 Å². The van der Waals surface area contributed by atoms with Crippen LogP contribution in [0, 0.1) is 11.8 Å². The van der Waals surface area contributed by atoms with E-state index in [2.05, 4.69) is 16.8 Å².